The number of allylic oxidation sites excluding steroid dienone is 9. The number of anilines is 3. The van der Waals surface area contributed by atoms with E-state index in [0.717, 1.165) is 54.3 Å². The summed E-state index contributed by atoms with van der Waals surface area (Å²) in [5, 5.41) is 2.63. The minimum absolute atomic E-state index is 0.0886. The molecular weight excluding hydrogens is 581 g/mol. The van der Waals surface area contributed by atoms with Gasteiger partial charge in [0.05, 0.1) is 12.0 Å². The molecule has 4 aliphatic rings. The van der Waals surface area contributed by atoms with Gasteiger partial charge in [-0.25, -0.2) is 0 Å². The molecule has 3 nitrogen and oxygen atoms in total. The summed E-state index contributed by atoms with van der Waals surface area (Å²) in [4.78, 5) is 4.96. The Hall–Kier alpha value is -5.06. The highest BCUT2D eigenvalue weighted by molar-refractivity contribution is 7.25. The van der Waals surface area contributed by atoms with Crippen molar-refractivity contribution in [2.45, 2.75) is 37.6 Å². The summed E-state index contributed by atoms with van der Waals surface area (Å²) in [7, 11) is 0. The molecule has 0 amide bonds. The summed E-state index contributed by atoms with van der Waals surface area (Å²) >= 11 is 1.86. The Kier molecular flexibility index (Phi) is 6.75. The summed E-state index contributed by atoms with van der Waals surface area (Å²) in [6.07, 6.45) is 24.8. The van der Waals surface area contributed by atoms with Crippen LogP contribution in [0.3, 0.4) is 0 Å². The third kappa shape index (κ3) is 4.64. The zero-order valence-corrected chi connectivity index (χ0v) is 26.4. The molecule has 0 N–H and O–H groups in total. The zero-order valence-electron chi connectivity index (χ0n) is 25.6. The minimum atomic E-state index is 0.0886. The Balaban J connectivity index is 1.16. The normalized spacial score (nSPS) is 19.7. The third-order valence-corrected chi connectivity index (χ3v) is 10.7. The van der Waals surface area contributed by atoms with Crippen LogP contribution in [0.2, 0.25) is 0 Å². The van der Waals surface area contributed by atoms with Gasteiger partial charge in [0, 0.05) is 54.2 Å². The van der Waals surface area contributed by atoms with E-state index in [4.69, 9.17) is 4.74 Å². The van der Waals surface area contributed by atoms with Gasteiger partial charge >= 0.3 is 0 Å². The van der Waals surface area contributed by atoms with E-state index < -0.39 is 0 Å². The van der Waals surface area contributed by atoms with Crippen LogP contribution in [0.5, 0.6) is 5.75 Å². The van der Waals surface area contributed by atoms with Crippen molar-refractivity contribution in [3.05, 3.63) is 168 Å². The largest absolute Gasteiger partial charge is 0.461 e. The fourth-order valence-electron chi connectivity index (χ4n) is 7.43. The second kappa shape index (κ2) is 11.4. The highest BCUT2D eigenvalue weighted by Gasteiger charge is 2.41. The standard InChI is InChI=1S/C42H34N2OS/c1-4-13-29(14-5-1)43(33-23-25-35-34-19-10-11-22-40(34)46-41(35)28-33)32-24-26-38-36(27-32)42-37(20-12-21-39(42)45-38)44(30-15-6-2-7-16-30)31-17-8-3-9-18-31/h1-2,4-6,8,10-15,17-28,37,42H,3,7,9,16H2. The molecule has 0 saturated carbocycles. The van der Waals surface area contributed by atoms with Crippen LogP contribution in [0.1, 0.15) is 37.2 Å². The van der Waals surface area contributed by atoms with Gasteiger partial charge in [0.15, 0.2) is 0 Å². The van der Waals surface area contributed by atoms with Crippen LogP contribution in [0.15, 0.2) is 163 Å². The van der Waals surface area contributed by atoms with Crippen molar-refractivity contribution in [3.63, 3.8) is 0 Å². The number of ether oxygens (including phenoxy) is 1. The van der Waals surface area contributed by atoms with Crippen LogP contribution in [0.4, 0.5) is 17.1 Å². The van der Waals surface area contributed by atoms with Gasteiger partial charge < -0.3 is 14.5 Å². The molecule has 2 heterocycles. The molecule has 0 spiro atoms. The van der Waals surface area contributed by atoms with Crippen molar-refractivity contribution in [1.29, 1.82) is 0 Å². The minimum Gasteiger partial charge on any atom is -0.461 e. The van der Waals surface area contributed by atoms with E-state index in [0.29, 0.717) is 0 Å². The molecule has 2 unspecified atom stereocenters. The number of hydrogen-bond donors (Lipinski definition) is 0. The Morgan fingerprint density at radius 1 is 0.696 bits per heavy atom. The fraction of sp³-hybridized carbons (Fsp3) is 0.143. The van der Waals surface area contributed by atoms with E-state index in [1.165, 1.54) is 37.1 Å². The predicted octanol–water partition coefficient (Wildman–Crippen LogP) is 11.6. The van der Waals surface area contributed by atoms with E-state index in [-0.39, 0.29) is 12.0 Å². The van der Waals surface area contributed by atoms with E-state index in [1.54, 1.807) is 0 Å². The SMILES string of the molecule is C1=CCCC(N(C2=CCCC=C2)C2C=CC=C3Oc4ccc(N(c5ccccc5)c5ccc6c(c5)sc5ccccc56)cc4C32)=C1. The third-order valence-electron chi connectivity index (χ3n) is 9.52. The summed E-state index contributed by atoms with van der Waals surface area (Å²) in [5.41, 5.74) is 7.31. The van der Waals surface area contributed by atoms with Gasteiger partial charge in [-0.3, -0.25) is 0 Å². The first-order valence-electron chi connectivity index (χ1n) is 16.3. The average Bonchev–Trinajstić information content (AvgIpc) is 3.68. The maximum Gasteiger partial charge on any atom is 0.131 e. The average molecular weight is 615 g/mol. The summed E-state index contributed by atoms with van der Waals surface area (Å²) in [6, 6.07) is 33.2. The Morgan fingerprint density at radius 3 is 2.41 bits per heavy atom. The maximum absolute atomic E-state index is 6.60. The van der Waals surface area contributed by atoms with Crippen molar-refractivity contribution in [1.82, 2.24) is 4.90 Å². The molecule has 224 valence electrons. The molecule has 4 aromatic carbocycles. The van der Waals surface area contributed by atoms with Gasteiger partial charge in [0.2, 0.25) is 0 Å². The lowest BCUT2D eigenvalue weighted by Gasteiger charge is -2.40. The first-order chi connectivity index (χ1) is 22.8. The molecule has 1 aliphatic heterocycles. The van der Waals surface area contributed by atoms with Crippen molar-refractivity contribution >= 4 is 48.6 Å². The Bertz CT molecular complexity index is 2160. The number of nitrogens with zero attached hydrogens (tertiary/aromatic N) is 2. The quantitative estimate of drug-likeness (QED) is 0.189. The lowest BCUT2D eigenvalue weighted by molar-refractivity contribution is 0.304. The van der Waals surface area contributed by atoms with Gasteiger partial charge in [-0.1, -0.05) is 78.9 Å². The molecule has 1 aromatic heterocycles. The van der Waals surface area contributed by atoms with Crippen molar-refractivity contribution in [2.24, 2.45) is 0 Å². The molecule has 0 saturated heterocycles. The number of rotatable bonds is 6. The Morgan fingerprint density at radius 2 is 1.54 bits per heavy atom. The highest BCUT2D eigenvalue weighted by Crippen LogP contribution is 2.50. The topological polar surface area (TPSA) is 15.7 Å². The van der Waals surface area contributed by atoms with E-state index >= 15 is 0 Å². The van der Waals surface area contributed by atoms with Crippen LogP contribution in [0.25, 0.3) is 20.2 Å². The van der Waals surface area contributed by atoms with E-state index in [9.17, 15) is 0 Å². The molecule has 0 fully saturated rings. The van der Waals surface area contributed by atoms with Crippen molar-refractivity contribution < 1.29 is 4.74 Å². The number of hydrogen-bond acceptors (Lipinski definition) is 4. The van der Waals surface area contributed by atoms with Crippen molar-refractivity contribution in [2.75, 3.05) is 4.90 Å². The number of para-hydroxylation sites is 1. The van der Waals surface area contributed by atoms with E-state index in [2.05, 4.69) is 155 Å². The summed E-state index contributed by atoms with van der Waals surface area (Å²) in [6.45, 7) is 0. The van der Waals surface area contributed by atoms with Crippen molar-refractivity contribution in [3.8, 4) is 5.75 Å². The second-order valence-electron chi connectivity index (χ2n) is 12.3. The van der Waals surface area contributed by atoms with Crippen LogP contribution < -0.4 is 9.64 Å². The molecule has 0 radical (unpaired) electrons. The lowest BCUT2D eigenvalue weighted by atomic mass is 9.85. The lowest BCUT2D eigenvalue weighted by Crippen LogP contribution is -2.38. The van der Waals surface area contributed by atoms with E-state index in [1.807, 2.05) is 11.3 Å². The van der Waals surface area contributed by atoms with Crippen LogP contribution >= 0.6 is 11.3 Å². The number of benzene rings is 4. The van der Waals surface area contributed by atoms with Gasteiger partial charge in [-0.05, 0) is 92.4 Å². The molecule has 46 heavy (non-hydrogen) atoms. The Labute approximate surface area is 274 Å². The van der Waals surface area contributed by atoms with Gasteiger partial charge in [-0.15, -0.1) is 11.3 Å². The molecular formula is C42H34N2OS. The number of fused-ring (bicyclic) bond motifs is 6. The second-order valence-corrected chi connectivity index (χ2v) is 13.4. The van der Waals surface area contributed by atoms with Gasteiger partial charge in [0.25, 0.3) is 0 Å². The molecule has 2 atom stereocenters. The molecule has 5 aromatic rings. The van der Waals surface area contributed by atoms with Gasteiger partial charge in [0.1, 0.15) is 11.5 Å². The van der Waals surface area contributed by atoms with Crippen LogP contribution in [-0.2, 0) is 0 Å². The first kappa shape index (κ1) is 27.3. The maximum atomic E-state index is 6.60. The zero-order chi connectivity index (χ0) is 30.5. The molecule has 0 bridgehead atoms. The molecule has 3 aliphatic carbocycles. The summed E-state index contributed by atoms with van der Waals surface area (Å²) in [5.74, 6) is 2.06. The molecule has 9 rings (SSSR count). The van der Waals surface area contributed by atoms with Crippen LogP contribution in [-0.4, -0.2) is 10.9 Å². The molecule has 4 heteroatoms. The van der Waals surface area contributed by atoms with Crippen LogP contribution in [0, 0.1) is 0 Å². The smallest absolute Gasteiger partial charge is 0.131 e. The highest BCUT2D eigenvalue weighted by atomic mass is 32.1. The monoisotopic (exact) mass is 614 g/mol. The van der Waals surface area contributed by atoms with Gasteiger partial charge in [-0.2, -0.15) is 0 Å². The fourth-order valence-corrected chi connectivity index (χ4v) is 8.57. The summed E-state index contributed by atoms with van der Waals surface area (Å²) < 4.78 is 9.22. The predicted molar refractivity (Wildman–Crippen MR) is 193 cm³/mol. The number of thiophene rings is 1. The first-order valence-corrected chi connectivity index (χ1v) is 17.1.